The fourth-order valence-electron chi connectivity index (χ4n) is 5.36. The molecule has 0 saturated heterocycles. The number of hydrogen-bond acceptors (Lipinski definition) is 21. The second kappa shape index (κ2) is 31.2. The maximum Gasteiger partial charge on any atom is 1.00 e. The van der Waals surface area contributed by atoms with E-state index in [-0.39, 0.29) is 245 Å². The molecule has 0 aromatic heterocycles. The Balaban J connectivity index is 0.00000432. The van der Waals surface area contributed by atoms with Crippen molar-refractivity contribution in [1.29, 1.82) is 0 Å². The van der Waals surface area contributed by atoms with Gasteiger partial charge in [0.05, 0.1) is 35.8 Å². The van der Waals surface area contributed by atoms with E-state index < -0.39 is 60.4 Å². The normalized spacial score (nSPS) is 14.2. The maximum atomic E-state index is 11.7. The van der Waals surface area contributed by atoms with Crippen LogP contribution in [0.3, 0.4) is 0 Å². The molecular formula is C42H24N3Na6O18P3. The fourth-order valence-corrected chi connectivity index (χ4v) is 12.9. The Labute approximate surface area is 544 Å². The molecule has 0 aliphatic carbocycles. The molecule has 0 fully saturated rings. The molecule has 1 aliphatic heterocycles. The maximum absolute atomic E-state index is 11.7. The molecule has 0 amide bonds. The standard InChI is InChI=1S/C42H30N3O18P3.6Na/c46-37(47)25-1-13-31(14-2-25)58-44-64(60-33-17-5-27(6-18-33)39(50)51)43-66(62-35-21-9-29(10-22-35)41(54)55,63-36-23-11-30(12-24-36)42(56)57)45(59-32-15-3-26(4-16-32)38(48)49)65(44)61-34-19-7-28(8-20-34)40(52)53;;;;;;/h1-24H,(H,46,47)(H,48,49)(H,50,51)(H,52,53)(H,54,55)(H,56,57);;;;;;/q;6*+1/p-6. The third-order valence-electron chi connectivity index (χ3n) is 8.58. The van der Waals surface area contributed by atoms with E-state index in [0.717, 1.165) is 82.0 Å². The smallest absolute Gasteiger partial charge is 0.545 e. The molecule has 0 bridgehead atoms. The Hall–Kier alpha value is -2.05. The van der Waals surface area contributed by atoms with Gasteiger partial charge in [0.1, 0.15) is 34.5 Å². The van der Waals surface area contributed by atoms with Gasteiger partial charge >= 0.3 is 202 Å². The summed E-state index contributed by atoms with van der Waals surface area (Å²) in [6, 6.07) is 28.4. The van der Waals surface area contributed by atoms with Crippen LogP contribution in [0, 0.1) is 0 Å². The van der Waals surface area contributed by atoms with E-state index in [2.05, 4.69) is 0 Å². The van der Waals surface area contributed by atoms with Crippen molar-refractivity contribution in [3.05, 3.63) is 179 Å². The number of carboxylic acid groups (broad SMARTS) is 6. The summed E-state index contributed by atoms with van der Waals surface area (Å²) in [5.74, 6) is -9.80. The Morgan fingerprint density at radius 3 is 0.903 bits per heavy atom. The average molecular weight is 1090 g/mol. The predicted molar refractivity (Wildman–Crippen MR) is 215 cm³/mol. The number of rotatable bonds is 18. The topological polar surface area (TPSA) is 315 Å². The summed E-state index contributed by atoms with van der Waals surface area (Å²) in [6.07, 6.45) is 0. The van der Waals surface area contributed by atoms with Crippen LogP contribution in [0.5, 0.6) is 34.5 Å². The first-order chi connectivity index (χ1) is 31.6. The molecule has 1 heterocycles. The monoisotopic (exact) mass is 1090 g/mol. The zero-order valence-corrected chi connectivity index (χ0v) is 53.6. The van der Waals surface area contributed by atoms with E-state index in [1.165, 1.54) is 72.8 Å². The molecule has 336 valence electrons. The van der Waals surface area contributed by atoms with E-state index in [1.54, 1.807) is 0 Å². The summed E-state index contributed by atoms with van der Waals surface area (Å²) in [4.78, 5) is 83.1. The van der Waals surface area contributed by atoms with Crippen molar-refractivity contribution < 1.29 is 265 Å². The van der Waals surface area contributed by atoms with Gasteiger partial charge in [-0.3, -0.25) is 0 Å². The number of carbonyl (C=O) groups is 6. The SMILES string of the molecule is O=C([O-])c1ccc(ON2P(Oc3ccc(C(=O)[O-])cc3)N=P(Oc3ccc(C(=O)[O-])cc3)(Oc3ccc(C(=O)[O-])cc3)N(Oc3ccc(C(=O)[O-])cc3)P2Oc2ccc(C(=O)[O-])cc2)cc1.[Na+].[Na+].[Na+].[Na+].[Na+].[Na+]. The van der Waals surface area contributed by atoms with Gasteiger partial charge in [-0.1, -0.05) is 0 Å². The van der Waals surface area contributed by atoms with Crippen molar-refractivity contribution in [1.82, 2.24) is 9.21 Å². The summed E-state index contributed by atoms with van der Waals surface area (Å²) in [5.41, 5.74) is -1.53. The molecule has 0 saturated carbocycles. The zero-order chi connectivity index (χ0) is 47.1. The molecule has 0 spiro atoms. The molecule has 6 aromatic carbocycles. The van der Waals surface area contributed by atoms with Crippen molar-refractivity contribution in [2.24, 2.45) is 4.52 Å². The van der Waals surface area contributed by atoms with Gasteiger partial charge in [-0.25, -0.2) is 0 Å². The van der Waals surface area contributed by atoms with Crippen LogP contribution in [0.25, 0.3) is 0 Å². The summed E-state index contributed by atoms with van der Waals surface area (Å²) < 4.78 is 33.0. The van der Waals surface area contributed by atoms with Gasteiger partial charge in [0.2, 0.25) is 0 Å². The largest absolute Gasteiger partial charge is 1.00 e. The molecule has 7 rings (SSSR count). The third-order valence-corrected chi connectivity index (χ3v) is 15.4. The number of hydrogen-bond donors (Lipinski definition) is 0. The van der Waals surface area contributed by atoms with Gasteiger partial charge in [0.25, 0.3) is 0 Å². The molecule has 2 unspecified atom stereocenters. The molecule has 72 heavy (non-hydrogen) atoms. The van der Waals surface area contributed by atoms with E-state index in [4.69, 9.17) is 32.3 Å². The van der Waals surface area contributed by atoms with E-state index in [1.807, 2.05) is 0 Å². The van der Waals surface area contributed by atoms with Gasteiger partial charge in [-0.05, 0) is 179 Å². The van der Waals surface area contributed by atoms with Gasteiger partial charge in [0, 0.05) is 9.21 Å². The van der Waals surface area contributed by atoms with Crippen molar-refractivity contribution in [3.63, 3.8) is 0 Å². The number of benzene rings is 6. The third kappa shape index (κ3) is 17.8. The van der Waals surface area contributed by atoms with Gasteiger partial charge in [-0.15, -0.1) is 4.52 Å². The second-order valence-corrected chi connectivity index (χ2v) is 18.5. The average Bonchev–Trinajstić information content (AvgIpc) is 3.29. The molecule has 1 aliphatic rings. The van der Waals surface area contributed by atoms with E-state index in [0.29, 0.717) is 0 Å². The van der Waals surface area contributed by atoms with Gasteiger partial charge in [0.15, 0.2) is 0 Å². The number of nitrogens with zero attached hydrogens (tertiary/aromatic N) is 3. The molecule has 30 heteroatoms. The van der Waals surface area contributed by atoms with E-state index in [9.17, 15) is 59.4 Å². The molecule has 0 N–H and O–H groups in total. The van der Waals surface area contributed by atoms with Crippen LogP contribution >= 0.6 is 24.6 Å². The molecular weight excluding hydrogens is 1070 g/mol. The number of aromatic carboxylic acids is 6. The van der Waals surface area contributed by atoms with Crippen molar-refractivity contribution in [3.8, 4) is 34.5 Å². The number of carboxylic acids is 6. The van der Waals surface area contributed by atoms with Crippen LogP contribution in [0.4, 0.5) is 0 Å². The second-order valence-electron chi connectivity index (χ2n) is 13.0. The molecule has 2 atom stereocenters. The molecule has 0 radical (unpaired) electrons. The van der Waals surface area contributed by atoms with Crippen LogP contribution in [-0.4, -0.2) is 45.0 Å². The van der Waals surface area contributed by atoms with Crippen molar-refractivity contribution in [2.45, 2.75) is 0 Å². The summed E-state index contributed by atoms with van der Waals surface area (Å²) in [6.45, 7) is 0. The van der Waals surface area contributed by atoms with Crippen LogP contribution < -0.4 is 236 Å². The minimum Gasteiger partial charge on any atom is -0.545 e. The fraction of sp³-hybridized carbons (Fsp3) is 0. The van der Waals surface area contributed by atoms with Crippen molar-refractivity contribution >= 4 is 60.4 Å². The van der Waals surface area contributed by atoms with Crippen LogP contribution in [0.2, 0.25) is 0 Å². The summed E-state index contributed by atoms with van der Waals surface area (Å²) >= 11 is 0. The Morgan fingerprint density at radius 1 is 0.361 bits per heavy atom. The van der Waals surface area contributed by atoms with Crippen LogP contribution in [0.15, 0.2) is 150 Å². The molecule has 6 aromatic rings. The molecule has 21 nitrogen and oxygen atoms in total. The first kappa shape index (κ1) is 68.0. The minimum absolute atomic E-state index is 0. The Bertz CT molecular complexity index is 2820. The van der Waals surface area contributed by atoms with Gasteiger partial charge < -0.3 is 87.2 Å². The van der Waals surface area contributed by atoms with Gasteiger partial charge in [-0.2, -0.15) is 0 Å². The quantitative estimate of drug-likeness (QED) is 0.0570. The number of carbonyl (C=O) groups excluding carboxylic acids is 6. The first-order valence-electron chi connectivity index (χ1n) is 18.4. The van der Waals surface area contributed by atoms with E-state index >= 15 is 0 Å². The summed E-state index contributed by atoms with van der Waals surface area (Å²) in [7, 11) is -10.4. The first-order valence-corrected chi connectivity index (χ1v) is 22.3. The Kier molecular flexibility index (Phi) is 29.5. The van der Waals surface area contributed by atoms with Crippen LogP contribution in [0.1, 0.15) is 62.1 Å². The predicted octanol–water partition coefficient (Wildman–Crippen LogP) is -16.5. The van der Waals surface area contributed by atoms with Crippen molar-refractivity contribution in [2.75, 3.05) is 0 Å². The zero-order valence-electron chi connectivity index (χ0n) is 38.9. The Morgan fingerprint density at radius 2 is 0.611 bits per heavy atom. The summed E-state index contributed by atoms with van der Waals surface area (Å²) in [5, 5.41) is 70.2. The minimum atomic E-state index is -4.64. The van der Waals surface area contributed by atoms with Crippen LogP contribution in [-0.2, 0) is 0 Å².